The van der Waals surface area contributed by atoms with E-state index in [2.05, 4.69) is 50.5 Å². The van der Waals surface area contributed by atoms with Crippen molar-refractivity contribution in [1.29, 1.82) is 0 Å². The quantitative estimate of drug-likeness (QED) is 0.598. The summed E-state index contributed by atoms with van der Waals surface area (Å²) in [6, 6.07) is 10.7. The molecule has 2 aliphatic rings. The predicted octanol–water partition coefficient (Wildman–Crippen LogP) is 1.49. The van der Waals surface area contributed by atoms with Crippen LogP contribution in [0.5, 0.6) is 0 Å². The van der Waals surface area contributed by atoms with Crippen molar-refractivity contribution < 1.29 is 4.79 Å². The molecule has 0 radical (unpaired) electrons. The van der Waals surface area contributed by atoms with E-state index in [9.17, 15) is 9.59 Å². The Bertz CT molecular complexity index is 914. The summed E-state index contributed by atoms with van der Waals surface area (Å²) in [5.74, 6) is 0.694. The number of benzene rings is 1. The SMILES string of the molecule is O=C(Cn1nc2n(c1=O)CCCCC2)NCCCCN1CCN(Cc2ccccc2)CC1. The number of rotatable bonds is 9. The zero-order valence-electron chi connectivity index (χ0n) is 19.0. The van der Waals surface area contributed by atoms with Crippen LogP contribution in [-0.4, -0.2) is 69.3 Å². The van der Waals surface area contributed by atoms with Crippen molar-refractivity contribution in [2.75, 3.05) is 39.3 Å². The van der Waals surface area contributed by atoms with Gasteiger partial charge in [-0.3, -0.25) is 14.3 Å². The first-order valence-electron chi connectivity index (χ1n) is 12.1. The lowest BCUT2D eigenvalue weighted by Gasteiger charge is -2.34. The Morgan fingerprint density at radius 1 is 0.938 bits per heavy atom. The van der Waals surface area contributed by atoms with Crippen LogP contribution in [0.15, 0.2) is 35.1 Å². The molecule has 0 spiro atoms. The molecule has 0 unspecified atom stereocenters. The van der Waals surface area contributed by atoms with Gasteiger partial charge in [0, 0.05) is 52.2 Å². The van der Waals surface area contributed by atoms with Crippen LogP contribution in [0.25, 0.3) is 0 Å². The second-order valence-electron chi connectivity index (χ2n) is 8.98. The lowest BCUT2D eigenvalue weighted by Crippen LogP contribution is -2.46. The Morgan fingerprint density at radius 3 is 2.53 bits per heavy atom. The molecule has 1 saturated heterocycles. The highest BCUT2D eigenvalue weighted by Gasteiger charge is 2.18. The number of amides is 1. The predicted molar refractivity (Wildman–Crippen MR) is 124 cm³/mol. The van der Waals surface area contributed by atoms with Crippen LogP contribution in [0.4, 0.5) is 0 Å². The van der Waals surface area contributed by atoms with E-state index in [1.165, 1.54) is 10.2 Å². The first-order valence-corrected chi connectivity index (χ1v) is 12.1. The number of nitrogens with zero attached hydrogens (tertiary/aromatic N) is 5. The van der Waals surface area contributed by atoms with E-state index in [-0.39, 0.29) is 18.1 Å². The minimum atomic E-state index is -0.150. The zero-order valence-corrected chi connectivity index (χ0v) is 19.0. The van der Waals surface area contributed by atoms with Crippen molar-refractivity contribution in [2.24, 2.45) is 0 Å². The first kappa shape index (κ1) is 22.7. The van der Waals surface area contributed by atoms with Crippen LogP contribution in [0.3, 0.4) is 0 Å². The number of aryl methyl sites for hydroxylation is 1. The number of fused-ring (bicyclic) bond motifs is 1. The van der Waals surface area contributed by atoms with Crippen molar-refractivity contribution >= 4 is 5.91 Å². The molecule has 8 heteroatoms. The maximum absolute atomic E-state index is 12.5. The number of nitrogens with one attached hydrogen (secondary N) is 1. The Balaban J connectivity index is 1.09. The molecule has 1 aromatic carbocycles. The number of hydrogen-bond acceptors (Lipinski definition) is 5. The van der Waals surface area contributed by atoms with E-state index < -0.39 is 0 Å². The van der Waals surface area contributed by atoms with Crippen LogP contribution < -0.4 is 11.0 Å². The van der Waals surface area contributed by atoms with E-state index in [1.54, 1.807) is 4.57 Å². The highest BCUT2D eigenvalue weighted by molar-refractivity contribution is 5.75. The molecule has 0 saturated carbocycles. The van der Waals surface area contributed by atoms with Gasteiger partial charge < -0.3 is 10.2 Å². The van der Waals surface area contributed by atoms with Crippen molar-refractivity contribution in [3.63, 3.8) is 0 Å². The third-order valence-electron chi connectivity index (χ3n) is 6.51. The molecule has 2 aliphatic heterocycles. The number of hydrogen-bond donors (Lipinski definition) is 1. The van der Waals surface area contributed by atoms with Crippen LogP contribution in [0.1, 0.15) is 43.5 Å². The van der Waals surface area contributed by atoms with Gasteiger partial charge in [-0.1, -0.05) is 36.8 Å². The monoisotopic (exact) mass is 440 g/mol. The summed E-state index contributed by atoms with van der Waals surface area (Å²) >= 11 is 0. The van der Waals surface area contributed by atoms with Crippen molar-refractivity contribution in [1.82, 2.24) is 29.5 Å². The van der Waals surface area contributed by atoms with Gasteiger partial charge >= 0.3 is 5.69 Å². The molecule has 32 heavy (non-hydrogen) atoms. The van der Waals surface area contributed by atoms with E-state index in [0.29, 0.717) is 6.54 Å². The van der Waals surface area contributed by atoms with Gasteiger partial charge in [-0.25, -0.2) is 9.48 Å². The number of unbranched alkanes of at least 4 members (excludes halogenated alkanes) is 1. The molecule has 0 atom stereocenters. The van der Waals surface area contributed by atoms with Crippen molar-refractivity contribution in [3.8, 4) is 0 Å². The normalized spacial score (nSPS) is 17.6. The molecule has 1 fully saturated rings. The molecular weight excluding hydrogens is 404 g/mol. The molecule has 174 valence electrons. The average Bonchev–Trinajstić information content (AvgIpc) is 2.96. The summed E-state index contributed by atoms with van der Waals surface area (Å²) in [5, 5.41) is 7.33. The molecular formula is C24H36N6O2. The molecule has 1 amide bonds. The fraction of sp³-hybridized carbons (Fsp3) is 0.625. The van der Waals surface area contributed by atoms with E-state index in [0.717, 1.165) is 90.2 Å². The van der Waals surface area contributed by atoms with Crippen molar-refractivity contribution in [2.45, 2.75) is 58.2 Å². The minimum absolute atomic E-state index is 0.0161. The molecule has 0 bridgehead atoms. The van der Waals surface area contributed by atoms with E-state index in [4.69, 9.17) is 0 Å². The molecule has 0 aliphatic carbocycles. The molecule has 1 aromatic heterocycles. The number of carbonyl (C=O) groups is 1. The first-order chi connectivity index (χ1) is 15.7. The third kappa shape index (κ3) is 6.29. The van der Waals surface area contributed by atoms with Crippen LogP contribution in [0, 0.1) is 0 Å². The maximum Gasteiger partial charge on any atom is 0.346 e. The van der Waals surface area contributed by atoms with Crippen LogP contribution in [-0.2, 0) is 30.8 Å². The van der Waals surface area contributed by atoms with Crippen molar-refractivity contribution in [3.05, 3.63) is 52.2 Å². The molecule has 4 rings (SSSR count). The molecule has 8 nitrogen and oxygen atoms in total. The van der Waals surface area contributed by atoms with Gasteiger partial charge in [-0.05, 0) is 37.8 Å². The summed E-state index contributed by atoms with van der Waals surface area (Å²) in [4.78, 5) is 29.7. The highest BCUT2D eigenvalue weighted by atomic mass is 16.2. The maximum atomic E-state index is 12.5. The summed E-state index contributed by atoms with van der Waals surface area (Å²) < 4.78 is 3.06. The Kier molecular flexibility index (Phi) is 8.12. The van der Waals surface area contributed by atoms with Gasteiger partial charge in [-0.15, -0.1) is 0 Å². The lowest BCUT2D eigenvalue weighted by atomic mass is 10.2. The lowest BCUT2D eigenvalue weighted by molar-refractivity contribution is -0.121. The van der Waals surface area contributed by atoms with E-state index >= 15 is 0 Å². The van der Waals surface area contributed by atoms with E-state index in [1.807, 2.05) is 0 Å². The zero-order chi connectivity index (χ0) is 22.2. The smallest absolute Gasteiger partial charge is 0.346 e. The second kappa shape index (κ2) is 11.4. The van der Waals surface area contributed by atoms with Gasteiger partial charge in [0.05, 0.1) is 0 Å². The van der Waals surface area contributed by atoms with Gasteiger partial charge in [0.25, 0.3) is 0 Å². The highest BCUT2D eigenvalue weighted by Crippen LogP contribution is 2.10. The van der Waals surface area contributed by atoms with Crippen LogP contribution in [0.2, 0.25) is 0 Å². The fourth-order valence-electron chi connectivity index (χ4n) is 4.62. The summed E-state index contributed by atoms with van der Waals surface area (Å²) in [5.41, 5.74) is 1.23. The van der Waals surface area contributed by atoms with Gasteiger partial charge in [0.2, 0.25) is 5.91 Å². The van der Waals surface area contributed by atoms with Gasteiger partial charge in [0.15, 0.2) is 0 Å². The molecule has 2 aromatic rings. The minimum Gasteiger partial charge on any atom is -0.354 e. The summed E-state index contributed by atoms with van der Waals surface area (Å²) in [6.45, 7) is 7.91. The third-order valence-corrected chi connectivity index (χ3v) is 6.51. The van der Waals surface area contributed by atoms with Crippen LogP contribution >= 0.6 is 0 Å². The Hall–Kier alpha value is -2.45. The summed E-state index contributed by atoms with van der Waals surface area (Å²) in [6.07, 6.45) is 6.04. The Morgan fingerprint density at radius 2 is 1.72 bits per heavy atom. The average molecular weight is 441 g/mol. The second-order valence-corrected chi connectivity index (χ2v) is 8.98. The Labute approximate surface area is 190 Å². The largest absolute Gasteiger partial charge is 0.354 e. The van der Waals surface area contributed by atoms with Gasteiger partial charge in [-0.2, -0.15) is 5.10 Å². The fourth-order valence-corrected chi connectivity index (χ4v) is 4.62. The number of piperazine rings is 1. The van der Waals surface area contributed by atoms with Gasteiger partial charge in [0.1, 0.15) is 12.4 Å². The summed E-state index contributed by atoms with van der Waals surface area (Å²) in [7, 11) is 0. The number of aromatic nitrogens is 3. The molecule has 3 heterocycles. The standard InChI is InChI=1S/C24H36N6O2/c31-23(20-30-24(32)29-14-7-2-5-11-22(29)26-30)25-12-6-8-13-27-15-17-28(18-16-27)19-21-9-3-1-4-10-21/h1,3-4,9-10H,2,5-8,11-20H2,(H,25,31). The number of carbonyl (C=O) groups excluding carboxylic acids is 1. The topological polar surface area (TPSA) is 75.4 Å². The molecule has 1 N–H and O–H groups in total.